The first-order valence-corrected chi connectivity index (χ1v) is 13.4. The molecule has 1 spiro atoms. The molecule has 3 heterocycles. The van der Waals surface area contributed by atoms with E-state index < -0.39 is 10.1 Å². The Hall–Kier alpha value is -0.600. The fraction of sp³-hybridized carbons (Fsp3) is 0.857. The largest absolute Gasteiger partial charge is 0.274 e. The molecule has 3 rings (SSSR count). The van der Waals surface area contributed by atoms with Gasteiger partial charge in [-0.1, -0.05) is 37.8 Å². The van der Waals surface area contributed by atoms with E-state index in [4.69, 9.17) is 0 Å². The third-order valence-corrected chi connectivity index (χ3v) is 14.9. The minimum atomic E-state index is -3.05. The Balaban J connectivity index is 2.52. The van der Waals surface area contributed by atoms with Gasteiger partial charge in [-0.25, -0.2) is 22.2 Å². The molecule has 0 unspecified atom stereocenters. The van der Waals surface area contributed by atoms with Crippen LogP contribution >= 0.6 is 10.1 Å². The van der Waals surface area contributed by atoms with Crippen LogP contribution in [0.1, 0.15) is 68.2 Å². The van der Waals surface area contributed by atoms with Crippen LogP contribution in [0.5, 0.6) is 0 Å². The van der Waals surface area contributed by atoms with Gasteiger partial charge in [0.25, 0.3) is 0 Å². The van der Waals surface area contributed by atoms with Gasteiger partial charge >= 0.3 is 0 Å². The number of nitrogens with zero attached hydrogens (tertiary/aromatic N) is 6. The minimum absolute atomic E-state index is 0.531. The lowest BCUT2D eigenvalue weighted by molar-refractivity contribution is 0.0963. The summed E-state index contributed by atoms with van der Waals surface area (Å²) in [6.07, 6.45) is 8.78. The van der Waals surface area contributed by atoms with Gasteiger partial charge < -0.3 is 0 Å². The molecular weight excluding hydrogens is 368 g/mol. The van der Waals surface area contributed by atoms with Crippen LogP contribution in [-0.4, -0.2) is 76.5 Å². The first kappa shape index (κ1) is 22.1. The summed E-state index contributed by atoms with van der Waals surface area (Å²) >= 11 is 0. The standard InChI is InChI=1S/C21H44N6S/c1-9-24-18(5)15-19(6)25(10-2)28(24,23-14-13-22-17-23)26(11-3)20(7)16-21(8)27(28)12-4/h13-14,17-21,28H,9-12,15-16H2,1-8H3/t18-,19+,20-,21+. The van der Waals surface area contributed by atoms with Gasteiger partial charge in [0.2, 0.25) is 0 Å². The molecule has 0 aromatic carbocycles. The third kappa shape index (κ3) is 2.46. The number of imidazole rings is 1. The Bertz CT molecular complexity index is 572. The molecule has 28 heavy (non-hydrogen) atoms. The van der Waals surface area contributed by atoms with E-state index in [1.165, 1.54) is 12.8 Å². The molecule has 6 nitrogen and oxygen atoms in total. The van der Waals surface area contributed by atoms with Crippen LogP contribution in [0.15, 0.2) is 18.7 Å². The molecule has 7 heteroatoms. The second-order valence-electron chi connectivity index (χ2n) is 8.73. The van der Waals surface area contributed by atoms with Crippen LogP contribution in [0.3, 0.4) is 0 Å². The molecule has 2 aliphatic heterocycles. The molecule has 4 atom stereocenters. The van der Waals surface area contributed by atoms with Crippen LogP contribution in [-0.2, 0) is 0 Å². The lowest BCUT2D eigenvalue weighted by Gasteiger charge is -2.88. The van der Waals surface area contributed by atoms with Gasteiger partial charge in [-0.05, 0) is 40.5 Å². The summed E-state index contributed by atoms with van der Waals surface area (Å²) in [5, 5.41) is 0. The fourth-order valence-electron chi connectivity index (χ4n) is 7.02. The monoisotopic (exact) mass is 412 g/mol. The predicted molar refractivity (Wildman–Crippen MR) is 123 cm³/mol. The van der Waals surface area contributed by atoms with Crippen molar-refractivity contribution in [1.29, 1.82) is 0 Å². The average Bonchev–Trinajstić information content (AvgIpc) is 3.17. The van der Waals surface area contributed by atoms with E-state index in [2.05, 4.69) is 94.1 Å². The molecule has 1 aromatic heterocycles. The van der Waals surface area contributed by atoms with E-state index in [0.717, 1.165) is 26.2 Å². The Kier molecular flexibility index (Phi) is 6.24. The number of hydrogen-bond acceptors (Lipinski definition) is 5. The lowest BCUT2D eigenvalue weighted by atomic mass is 10.1. The van der Waals surface area contributed by atoms with Gasteiger partial charge in [0.15, 0.2) is 0 Å². The van der Waals surface area contributed by atoms with Crippen LogP contribution in [0.4, 0.5) is 0 Å². The zero-order valence-electron chi connectivity index (χ0n) is 19.4. The van der Waals surface area contributed by atoms with E-state index in [1.54, 1.807) is 0 Å². The highest BCUT2D eigenvalue weighted by Crippen LogP contribution is 2.83. The summed E-state index contributed by atoms with van der Waals surface area (Å²) in [7, 11) is -3.05. The van der Waals surface area contributed by atoms with Crippen molar-refractivity contribution in [3.63, 3.8) is 0 Å². The normalized spacial score (nSPS) is 36.4. The number of thiol groups is 1. The van der Waals surface area contributed by atoms with Gasteiger partial charge in [0.05, 0.1) is 0 Å². The van der Waals surface area contributed by atoms with Crippen LogP contribution in [0.25, 0.3) is 0 Å². The Morgan fingerprint density at radius 1 is 0.714 bits per heavy atom. The second kappa shape index (κ2) is 7.91. The molecule has 0 bridgehead atoms. The molecular formula is C21H44N6S. The SMILES string of the molecule is CCN1[C@H](C)C[C@H](C)N(CC)[SH]12(n1ccnc1)N(CC)[C@H](C)C[C@H](C)N2CC. The van der Waals surface area contributed by atoms with E-state index in [0.29, 0.717) is 24.2 Å². The van der Waals surface area contributed by atoms with Crippen LogP contribution < -0.4 is 0 Å². The van der Waals surface area contributed by atoms with E-state index in [1.807, 2.05) is 6.20 Å². The van der Waals surface area contributed by atoms with Crippen molar-refractivity contribution in [2.24, 2.45) is 0 Å². The van der Waals surface area contributed by atoms with Crippen LogP contribution in [0, 0.1) is 0 Å². The van der Waals surface area contributed by atoms with Crippen molar-refractivity contribution in [3.05, 3.63) is 18.7 Å². The second-order valence-corrected chi connectivity index (χ2v) is 13.0. The Morgan fingerprint density at radius 3 is 1.32 bits per heavy atom. The van der Waals surface area contributed by atoms with Crippen molar-refractivity contribution >= 4 is 10.1 Å². The van der Waals surface area contributed by atoms with Gasteiger partial charge in [0, 0.05) is 62.7 Å². The van der Waals surface area contributed by atoms with E-state index in [-0.39, 0.29) is 0 Å². The van der Waals surface area contributed by atoms with Crippen molar-refractivity contribution in [2.75, 3.05) is 26.2 Å². The van der Waals surface area contributed by atoms with Gasteiger partial charge in [-0.15, -0.1) is 0 Å². The molecule has 0 N–H and O–H groups in total. The summed E-state index contributed by atoms with van der Waals surface area (Å²) in [4.78, 5) is 4.61. The highest BCUT2D eigenvalue weighted by molar-refractivity contribution is 8.41. The summed E-state index contributed by atoms with van der Waals surface area (Å²) in [5.41, 5.74) is 0. The van der Waals surface area contributed by atoms with Crippen molar-refractivity contribution in [3.8, 4) is 0 Å². The number of rotatable bonds is 5. The molecule has 2 saturated heterocycles. The molecule has 2 aliphatic rings. The topological polar surface area (TPSA) is 30.8 Å². The summed E-state index contributed by atoms with van der Waals surface area (Å²) in [5.74, 6) is 0. The highest BCUT2D eigenvalue weighted by atomic mass is 32.3. The van der Waals surface area contributed by atoms with E-state index in [9.17, 15) is 0 Å². The maximum Gasteiger partial charge on any atom is 0.106 e. The molecule has 1 aromatic rings. The van der Waals surface area contributed by atoms with Gasteiger partial charge in [0.1, 0.15) is 6.33 Å². The van der Waals surface area contributed by atoms with Gasteiger partial charge in [-0.3, -0.25) is 3.97 Å². The molecule has 164 valence electrons. The first-order valence-electron chi connectivity index (χ1n) is 11.4. The minimum Gasteiger partial charge on any atom is -0.274 e. The molecule has 2 fully saturated rings. The number of hydrogen-bond donors (Lipinski definition) is 1. The lowest BCUT2D eigenvalue weighted by Crippen LogP contribution is -2.78. The predicted octanol–water partition coefficient (Wildman–Crippen LogP) is 4.03. The Morgan fingerprint density at radius 2 is 1.07 bits per heavy atom. The van der Waals surface area contributed by atoms with Crippen molar-refractivity contribution in [1.82, 2.24) is 26.2 Å². The number of aromatic nitrogens is 2. The van der Waals surface area contributed by atoms with E-state index >= 15 is 0 Å². The smallest absolute Gasteiger partial charge is 0.106 e. The van der Waals surface area contributed by atoms with Crippen molar-refractivity contribution < 1.29 is 0 Å². The van der Waals surface area contributed by atoms with Crippen LogP contribution in [0.2, 0.25) is 0 Å². The Labute approximate surface area is 173 Å². The third-order valence-electron chi connectivity index (χ3n) is 7.44. The summed E-state index contributed by atoms with van der Waals surface area (Å²) < 4.78 is 14.1. The first-order chi connectivity index (χ1) is 13.3. The molecule has 0 amide bonds. The molecule has 0 saturated carbocycles. The fourth-order valence-corrected chi connectivity index (χ4v) is 15.6. The quantitative estimate of drug-likeness (QED) is 0.738. The molecule has 0 radical (unpaired) electrons. The van der Waals surface area contributed by atoms with Crippen molar-refractivity contribution in [2.45, 2.75) is 92.4 Å². The zero-order valence-corrected chi connectivity index (χ0v) is 20.3. The highest BCUT2D eigenvalue weighted by Gasteiger charge is 2.65. The summed E-state index contributed by atoms with van der Waals surface area (Å²) in [6.45, 7) is 23.4. The molecule has 0 aliphatic carbocycles. The zero-order chi connectivity index (χ0) is 20.7. The summed E-state index contributed by atoms with van der Waals surface area (Å²) in [6, 6.07) is 2.12. The average molecular weight is 413 g/mol. The maximum atomic E-state index is 4.61. The maximum absolute atomic E-state index is 4.61. The van der Waals surface area contributed by atoms with Gasteiger partial charge in [-0.2, -0.15) is 0 Å².